The molecule has 1 atom stereocenters. The van der Waals surface area contributed by atoms with Crippen molar-refractivity contribution in [2.24, 2.45) is 0 Å². The summed E-state index contributed by atoms with van der Waals surface area (Å²) >= 11 is 12.0. The normalized spacial score (nSPS) is 21.0. The summed E-state index contributed by atoms with van der Waals surface area (Å²) in [4.78, 5) is 2.42. The van der Waals surface area contributed by atoms with Crippen molar-refractivity contribution in [1.82, 2.24) is 10.2 Å². The molecule has 17 heavy (non-hydrogen) atoms. The molecule has 0 saturated carbocycles. The van der Waals surface area contributed by atoms with Crippen molar-refractivity contribution in [2.45, 2.75) is 19.5 Å². The van der Waals surface area contributed by atoms with Crippen LogP contribution in [0.4, 0.5) is 0 Å². The van der Waals surface area contributed by atoms with Gasteiger partial charge in [-0.25, -0.2) is 0 Å². The molecule has 0 radical (unpaired) electrons. The van der Waals surface area contributed by atoms with E-state index in [4.69, 9.17) is 23.2 Å². The predicted molar refractivity (Wildman–Crippen MR) is 76.5 cm³/mol. The summed E-state index contributed by atoms with van der Waals surface area (Å²) < 4.78 is 0. The minimum Gasteiger partial charge on any atom is -0.312 e. The molecule has 5 heteroatoms. The van der Waals surface area contributed by atoms with Crippen LogP contribution in [-0.2, 0) is 6.54 Å². The summed E-state index contributed by atoms with van der Waals surface area (Å²) in [5, 5.41) is 4.85. The standard InChI is InChI=1S/C12H16Cl2N2.ClH/c1-9-7-16(3-2-15-9)8-10-4-11(13)6-12(14)5-10;/h4-6,9,15H,2-3,7-8H2,1H3;1H/t9-;/m1./s1. The van der Waals surface area contributed by atoms with Crippen molar-refractivity contribution < 1.29 is 0 Å². The highest BCUT2D eigenvalue weighted by atomic mass is 35.5. The fraction of sp³-hybridized carbons (Fsp3) is 0.500. The van der Waals surface area contributed by atoms with Crippen LogP contribution in [0.25, 0.3) is 0 Å². The number of nitrogens with zero attached hydrogens (tertiary/aromatic N) is 1. The van der Waals surface area contributed by atoms with Crippen LogP contribution in [-0.4, -0.2) is 30.6 Å². The lowest BCUT2D eigenvalue weighted by molar-refractivity contribution is 0.199. The molecule has 0 aliphatic carbocycles. The fourth-order valence-corrected chi connectivity index (χ4v) is 2.69. The molecule has 1 heterocycles. The number of hydrogen-bond acceptors (Lipinski definition) is 2. The minimum atomic E-state index is 0. The summed E-state index contributed by atoms with van der Waals surface area (Å²) in [7, 11) is 0. The quantitative estimate of drug-likeness (QED) is 0.901. The molecule has 1 aliphatic rings. The molecular formula is C12H17Cl3N2. The van der Waals surface area contributed by atoms with E-state index in [1.54, 1.807) is 6.07 Å². The van der Waals surface area contributed by atoms with E-state index in [1.807, 2.05) is 12.1 Å². The molecule has 1 fully saturated rings. The van der Waals surface area contributed by atoms with Gasteiger partial charge in [-0.1, -0.05) is 23.2 Å². The Morgan fingerprint density at radius 2 is 1.94 bits per heavy atom. The van der Waals surface area contributed by atoms with Gasteiger partial charge in [0.05, 0.1) is 0 Å². The number of benzene rings is 1. The van der Waals surface area contributed by atoms with Crippen LogP contribution in [0.15, 0.2) is 18.2 Å². The van der Waals surface area contributed by atoms with Gasteiger partial charge in [0.2, 0.25) is 0 Å². The van der Waals surface area contributed by atoms with Gasteiger partial charge in [-0.2, -0.15) is 0 Å². The van der Waals surface area contributed by atoms with E-state index < -0.39 is 0 Å². The van der Waals surface area contributed by atoms with E-state index in [-0.39, 0.29) is 12.4 Å². The Kier molecular flexibility index (Phi) is 6.04. The Hall–Kier alpha value is 0.01000. The molecule has 1 N–H and O–H groups in total. The van der Waals surface area contributed by atoms with Gasteiger partial charge in [0.15, 0.2) is 0 Å². The van der Waals surface area contributed by atoms with E-state index in [2.05, 4.69) is 17.1 Å². The third kappa shape index (κ3) is 4.65. The van der Waals surface area contributed by atoms with Crippen LogP contribution < -0.4 is 5.32 Å². The van der Waals surface area contributed by atoms with E-state index in [0.717, 1.165) is 26.2 Å². The molecule has 0 aromatic heterocycles. The maximum Gasteiger partial charge on any atom is 0.0424 e. The van der Waals surface area contributed by atoms with Crippen molar-refractivity contribution in [3.63, 3.8) is 0 Å². The predicted octanol–water partition coefficient (Wildman–Crippen LogP) is 3.21. The summed E-state index contributed by atoms with van der Waals surface area (Å²) in [6.45, 7) is 6.33. The SMILES string of the molecule is C[C@@H]1CN(Cc2cc(Cl)cc(Cl)c2)CCN1.Cl. The van der Waals surface area contributed by atoms with Gasteiger partial charge >= 0.3 is 0 Å². The Morgan fingerprint density at radius 3 is 2.53 bits per heavy atom. The molecule has 0 spiro atoms. The summed E-state index contributed by atoms with van der Waals surface area (Å²) in [5.41, 5.74) is 1.19. The van der Waals surface area contributed by atoms with Crippen LogP contribution in [0.3, 0.4) is 0 Å². The average molecular weight is 296 g/mol. The first-order valence-electron chi connectivity index (χ1n) is 5.54. The highest BCUT2D eigenvalue weighted by Crippen LogP contribution is 2.20. The zero-order valence-electron chi connectivity index (χ0n) is 9.75. The lowest BCUT2D eigenvalue weighted by atomic mass is 10.1. The van der Waals surface area contributed by atoms with Crippen LogP contribution in [0.2, 0.25) is 10.0 Å². The largest absolute Gasteiger partial charge is 0.312 e. The fourth-order valence-electron chi connectivity index (χ4n) is 2.12. The molecule has 1 aliphatic heterocycles. The van der Waals surface area contributed by atoms with Crippen LogP contribution in [0.1, 0.15) is 12.5 Å². The van der Waals surface area contributed by atoms with Gasteiger partial charge in [0.1, 0.15) is 0 Å². The first-order chi connectivity index (χ1) is 7.63. The summed E-state index contributed by atoms with van der Waals surface area (Å²) in [6, 6.07) is 6.30. The highest BCUT2D eigenvalue weighted by Gasteiger charge is 2.15. The molecule has 1 saturated heterocycles. The number of halogens is 3. The zero-order chi connectivity index (χ0) is 11.5. The minimum absolute atomic E-state index is 0. The van der Waals surface area contributed by atoms with E-state index in [1.165, 1.54) is 5.56 Å². The second kappa shape index (κ2) is 6.81. The third-order valence-electron chi connectivity index (χ3n) is 2.78. The smallest absolute Gasteiger partial charge is 0.0424 e. The van der Waals surface area contributed by atoms with Crippen molar-refractivity contribution in [2.75, 3.05) is 19.6 Å². The Morgan fingerprint density at radius 1 is 1.29 bits per heavy atom. The van der Waals surface area contributed by atoms with Crippen molar-refractivity contribution in [3.05, 3.63) is 33.8 Å². The van der Waals surface area contributed by atoms with Gasteiger partial charge in [0.25, 0.3) is 0 Å². The molecule has 1 aromatic rings. The number of nitrogens with one attached hydrogen (secondary N) is 1. The Bertz CT molecular complexity index is 351. The number of rotatable bonds is 2. The monoisotopic (exact) mass is 294 g/mol. The first kappa shape index (κ1) is 15.1. The Labute approximate surface area is 119 Å². The summed E-state index contributed by atoms with van der Waals surface area (Å²) in [5.74, 6) is 0. The van der Waals surface area contributed by atoms with Crippen LogP contribution in [0, 0.1) is 0 Å². The lowest BCUT2D eigenvalue weighted by Crippen LogP contribution is -2.48. The van der Waals surface area contributed by atoms with Crippen LogP contribution >= 0.6 is 35.6 Å². The second-order valence-corrected chi connectivity index (χ2v) is 5.24. The molecular weight excluding hydrogens is 279 g/mol. The van der Waals surface area contributed by atoms with Gasteiger partial charge in [0, 0.05) is 42.3 Å². The van der Waals surface area contributed by atoms with Gasteiger partial charge in [-0.3, -0.25) is 4.90 Å². The molecule has 2 rings (SSSR count). The van der Waals surface area contributed by atoms with E-state index in [0.29, 0.717) is 16.1 Å². The highest BCUT2D eigenvalue weighted by molar-refractivity contribution is 6.34. The summed E-state index contributed by atoms with van der Waals surface area (Å²) in [6.07, 6.45) is 0. The van der Waals surface area contributed by atoms with Gasteiger partial charge in [-0.05, 0) is 30.7 Å². The molecule has 0 unspecified atom stereocenters. The Balaban J connectivity index is 0.00000144. The lowest BCUT2D eigenvalue weighted by Gasteiger charge is -2.31. The molecule has 1 aromatic carbocycles. The third-order valence-corrected chi connectivity index (χ3v) is 3.22. The van der Waals surface area contributed by atoms with Gasteiger partial charge < -0.3 is 5.32 Å². The van der Waals surface area contributed by atoms with Crippen molar-refractivity contribution >= 4 is 35.6 Å². The van der Waals surface area contributed by atoms with E-state index >= 15 is 0 Å². The number of piperazine rings is 1. The average Bonchev–Trinajstić information content (AvgIpc) is 2.15. The van der Waals surface area contributed by atoms with Gasteiger partial charge in [-0.15, -0.1) is 12.4 Å². The molecule has 0 bridgehead atoms. The maximum atomic E-state index is 5.98. The molecule has 2 nitrogen and oxygen atoms in total. The number of hydrogen-bond donors (Lipinski definition) is 1. The zero-order valence-corrected chi connectivity index (χ0v) is 12.1. The maximum absolute atomic E-state index is 5.98. The topological polar surface area (TPSA) is 15.3 Å². The first-order valence-corrected chi connectivity index (χ1v) is 6.30. The second-order valence-electron chi connectivity index (χ2n) is 4.37. The van der Waals surface area contributed by atoms with Crippen LogP contribution in [0.5, 0.6) is 0 Å². The molecule has 0 amide bonds. The molecule has 96 valence electrons. The van der Waals surface area contributed by atoms with E-state index in [9.17, 15) is 0 Å². The van der Waals surface area contributed by atoms with Crippen molar-refractivity contribution in [3.8, 4) is 0 Å². The van der Waals surface area contributed by atoms with Crippen molar-refractivity contribution in [1.29, 1.82) is 0 Å².